The standard InChI is InChI=1S/C46H39N3/c1-32-12-20-36(21-13-32)47(37-22-14-33(2)15-23-37)38-28-30-41(31-29-38)49-43-9-6-5-8-42(43)46-44(10-7-11-45(46)49)48(39-24-16-34(3)17-25-39)40-26-18-35(4)19-27-40/h5-31H,1-4H3. The first-order valence-corrected chi connectivity index (χ1v) is 16.9. The number of anilines is 6. The zero-order valence-electron chi connectivity index (χ0n) is 28.4. The second kappa shape index (κ2) is 12.5. The van der Waals surface area contributed by atoms with Crippen molar-refractivity contribution in [3.63, 3.8) is 0 Å². The lowest BCUT2D eigenvalue weighted by atomic mass is 10.1. The first kappa shape index (κ1) is 30.3. The molecule has 8 rings (SSSR count). The largest absolute Gasteiger partial charge is 0.311 e. The molecule has 7 aromatic carbocycles. The minimum atomic E-state index is 1.11. The highest BCUT2D eigenvalue weighted by atomic mass is 15.2. The number of rotatable bonds is 7. The second-order valence-corrected chi connectivity index (χ2v) is 13.1. The van der Waals surface area contributed by atoms with Gasteiger partial charge in [-0.2, -0.15) is 0 Å². The molecule has 0 amide bonds. The van der Waals surface area contributed by atoms with E-state index in [1.165, 1.54) is 44.1 Å². The summed E-state index contributed by atoms with van der Waals surface area (Å²) in [6, 6.07) is 59.6. The van der Waals surface area contributed by atoms with Gasteiger partial charge in [0.1, 0.15) is 0 Å². The molecule has 8 aromatic rings. The molecule has 1 heterocycles. The summed E-state index contributed by atoms with van der Waals surface area (Å²) in [5.41, 5.74) is 15.3. The van der Waals surface area contributed by atoms with Gasteiger partial charge in [-0.3, -0.25) is 0 Å². The van der Waals surface area contributed by atoms with Crippen LogP contribution in [-0.2, 0) is 0 Å². The first-order valence-electron chi connectivity index (χ1n) is 16.9. The molecule has 0 radical (unpaired) electrons. The number of nitrogens with zero attached hydrogens (tertiary/aromatic N) is 3. The summed E-state index contributed by atoms with van der Waals surface area (Å²) in [4.78, 5) is 4.72. The van der Waals surface area contributed by atoms with E-state index >= 15 is 0 Å². The lowest BCUT2D eigenvalue weighted by molar-refractivity contribution is 1.17. The highest BCUT2D eigenvalue weighted by Gasteiger charge is 2.21. The highest BCUT2D eigenvalue weighted by molar-refractivity contribution is 6.16. The molecule has 0 aliphatic rings. The van der Waals surface area contributed by atoms with Crippen LogP contribution < -0.4 is 9.80 Å². The van der Waals surface area contributed by atoms with Crippen LogP contribution in [0.2, 0.25) is 0 Å². The summed E-state index contributed by atoms with van der Waals surface area (Å²) in [7, 11) is 0. The topological polar surface area (TPSA) is 11.4 Å². The number of hydrogen-bond donors (Lipinski definition) is 0. The third kappa shape index (κ3) is 5.64. The average Bonchev–Trinajstić information content (AvgIpc) is 3.47. The molecule has 0 fully saturated rings. The number of hydrogen-bond acceptors (Lipinski definition) is 2. The normalized spacial score (nSPS) is 11.3. The zero-order valence-corrected chi connectivity index (χ0v) is 28.4. The number of aromatic nitrogens is 1. The molecule has 0 spiro atoms. The van der Waals surface area contributed by atoms with Crippen molar-refractivity contribution >= 4 is 55.9 Å². The van der Waals surface area contributed by atoms with Crippen LogP contribution in [0.25, 0.3) is 27.5 Å². The zero-order chi connectivity index (χ0) is 33.5. The number of para-hydroxylation sites is 1. The van der Waals surface area contributed by atoms with Crippen molar-refractivity contribution in [1.29, 1.82) is 0 Å². The highest BCUT2D eigenvalue weighted by Crippen LogP contribution is 2.44. The molecular weight excluding hydrogens is 595 g/mol. The summed E-state index contributed by atoms with van der Waals surface area (Å²) < 4.78 is 2.41. The predicted molar refractivity (Wildman–Crippen MR) is 209 cm³/mol. The van der Waals surface area contributed by atoms with Crippen molar-refractivity contribution in [2.24, 2.45) is 0 Å². The van der Waals surface area contributed by atoms with Crippen LogP contribution in [0.4, 0.5) is 34.1 Å². The van der Waals surface area contributed by atoms with E-state index in [1.807, 2.05) is 0 Å². The average molecular weight is 634 g/mol. The van der Waals surface area contributed by atoms with Gasteiger partial charge >= 0.3 is 0 Å². The van der Waals surface area contributed by atoms with Crippen molar-refractivity contribution in [2.75, 3.05) is 9.80 Å². The molecule has 0 saturated carbocycles. The Balaban J connectivity index is 1.30. The van der Waals surface area contributed by atoms with Crippen molar-refractivity contribution in [3.8, 4) is 5.69 Å². The Labute approximate surface area is 288 Å². The minimum Gasteiger partial charge on any atom is -0.311 e. The van der Waals surface area contributed by atoms with E-state index in [0.29, 0.717) is 0 Å². The van der Waals surface area contributed by atoms with Gasteiger partial charge in [0.15, 0.2) is 0 Å². The number of benzene rings is 7. The van der Waals surface area contributed by atoms with Crippen LogP contribution in [0.3, 0.4) is 0 Å². The van der Waals surface area contributed by atoms with Gasteiger partial charge in [0.05, 0.1) is 16.7 Å². The van der Waals surface area contributed by atoms with Gasteiger partial charge in [-0.1, -0.05) is 95.1 Å². The molecule has 0 atom stereocenters. The van der Waals surface area contributed by atoms with Crippen LogP contribution in [0.5, 0.6) is 0 Å². The van der Waals surface area contributed by atoms with E-state index in [-0.39, 0.29) is 0 Å². The van der Waals surface area contributed by atoms with E-state index in [2.05, 4.69) is 206 Å². The van der Waals surface area contributed by atoms with E-state index < -0.39 is 0 Å². The van der Waals surface area contributed by atoms with Crippen molar-refractivity contribution in [3.05, 3.63) is 186 Å². The Kier molecular flexibility index (Phi) is 7.74. The summed E-state index contributed by atoms with van der Waals surface area (Å²) >= 11 is 0. The maximum absolute atomic E-state index is 2.41. The fraction of sp³-hybridized carbons (Fsp3) is 0.0870. The first-order chi connectivity index (χ1) is 23.9. The van der Waals surface area contributed by atoms with Gasteiger partial charge in [0.25, 0.3) is 0 Å². The molecule has 0 N–H and O–H groups in total. The molecule has 0 saturated heterocycles. The van der Waals surface area contributed by atoms with Crippen molar-refractivity contribution < 1.29 is 0 Å². The molecule has 3 heteroatoms. The molecule has 0 bridgehead atoms. The third-order valence-corrected chi connectivity index (χ3v) is 9.45. The van der Waals surface area contributed by atoms with Gasteiger partial charge in [-0.25, -0.2) is 0 Å². The minimum absolute atomic E-state index is 1.11. The van der Waals surface area contributed by atoms with Gasteiger partial charge in [-0.05, 0) is 119 Å². The Hall–Kier alpha value is -6.06. The molecule has 1 aromatic heterocycles. The maximum atomic E-state index is 2.41. The lowest BCUT2D eigenvalue weighted by Crippen LogP contribution is -2.10. The fourth-order valence-electron chi connectivity index (χ4n) is 6.87. The SMILES string of the molecule is Cc1ccc(N(c2ccc(C)cc2)c2ccc(-n3c4ccccc4c4c(N(c5ccc(C)cc5)c5ccc(C)cc5)cccc43)cc2)cc1. The molecular formula is C46H39N3. The van der Waals surface area contributed by atoms with Crippen LogP contribution in [-0.4, -0.2) is 4.57 Å². The Bertz CT molecular complexity index is 2290. The maximum Gasteiger partial charge on any atom is 0.0562 e. The summed E-state index contributed by atoms with van der Waals surface area (Å²) in [5.74, 6) is 0. The van der Waals surface area contributed by atoms with Crippen molar-refractivity contribution in [2.45, 2.75) is 27.7 Å². The molecule has 0 aliphatic carbocycles. The van der Waals surface area contributed by atoms with E-state index in [9.17, 15) is 0 Å². The molecule has 238 valence electrons. The Morgan fingerprint density at radius 1 is 0.347 bits per heavy atom. The van der Waals surface area contributed by atoms with Gasteiger partial charge in [-0.15, -0.1) is 0 Å². The number of aryl methyl sites for hydroxylation is 4. The monoisotopic (exact) mass is 633 g/mol. The molecule has 49 heavy (non-hydrogen) atoms. The number of fused-ring (bicyclic) bond motifs is 3. The smallest absolute Gasteiger partial charge is 0.0562 e. The summed E-state index contributed by atoms with van der Waals surface area (Å²) in [6.07, 6.45) is 0. The Morgan fingerprint density at radius 2 is 0.735 bits per heavy atom. The van der Waals surface area contributed by atoms with Gasteiger partial charge in [0.2, 0.25) is 0 Å². The second-order valence-electron chi connectivity index (χ2n) is 13.1. The van der Waals surface area contributed by atoms with Crippen LogP contribution in [0.1, 0.15) is 22.3 Å². The van der Waals surface area contributed by atoms with Crippen LogP contribution in [0.15, 0.2) is 164 Å². The van der Waals surface area contributed by atoms with Gasteiger partial charge < -0.3 is 14.4 Å². The summed E-state index contributed by atoms with van der Waals surface area (Å²) in [6.45, 7) is 8.54. The van der Waals surface area contributed by atoms with Crippen molar-refractivity contribution in [1.82, 2.24) is 4.57 Å². The fourth-order valence-corrected chi connectivity index (χ4v) is 6.87. The summed E-state index contributed by atoms with van der Waals surface area (Å²) in [5, 5.41) is 2.45. The van der Waals surface area contributed by atoms with Crippen LogP contribution in [0, 0.1) is 27.7 Å². The molecule has 0 unspecified atom stereocenters. The lowest BCUT2D eigenvalue weighted by Gasteiger charge is -2.27. The Morgan fingerprint density at radius 3 is 1.20 bits per heavy atom. The molecule has 0 aliphatic heterocycles. The predicted octanol–water partition coefficient (Wildman–Crippen LogP) is 13.0. The van der Waals surface area contributed by atoms with E-state index in [4.69, 9.17) is 0 Å². The quantitative estimate of drug-likeness (QED) is 0.173. The van der Waals surface area contributed by atoms with E-state index in [0.717, 1.165) is 39.8 Å². The molecule has 3 nitrogen and oxygen atoms in total. The van der Waals surface area contributed by atoms with Gasteiger partial charge in [0, 0.05) is 44.9 Å². The third-order valence-electron chi connectivity index (χ3n) is 9.45. The van der Waals surface area contributed by atoms with E-state index in [1.54, 1.807) is 0 Å². The van der Waals surface area contributed by atoms with Crippen LogP contribution >= 0.6 is 0 Å².